The first-order chi connectivity index (χ1) is 11.0. The molecule has 2 aromatic rings. The minimum Gasteiger partial charge on any atom is -0.381 e. The molecule has 2 heterocycles. The zero-order valence-corrected chi connectivity index (χ0v) is 12.8. The molecule has 0 saturated heterocycles. The number of fused-ring (bicyclic) bond motifs is 1. The lowest BCUT2D eigenvalue weighted by Crippen LogP contribution is -2.08. The van der Waals surface area contributed by atoms with Crippen molar-refractivity contribution in [2.24, 2.45) is 0 Å². The van der Waals surface area contributed by atoms with Gasteiger partial charge in [-0.05, 0) is 37.6 Å². The van der Waals surface area contributed by atoms with Crippen LogP contribution in [-0.2, 0) is 23.8 Å². The van der Waals surface area contributed by atoms with Crippen molar-refractivity contribution in [3.8, 4) is 5.69 Å². The molecule has 0 aliphatic carbocycles. The minimum atomic E-state index is -4.33. The van der Waals surface area contributed by atoms with Gasteiger partial charge >= 0.3 is 6.18 Å². The zero-order chi connectivity index (χ0) is 16.4. The van der Waals surface area contributed by atoms with E-state index in [-0.39, 0.29) is 0 Å². The van der Waals surface area contributed by atoms with Gasteiger partial charge in [-0.15, -0.1) is 0 Å². The third kappa shape index (κ3) is 3.19. The van der Waals surface area contributed by atoms with Crippen LogP contribution in [0.5, 0.6) is 0 Å². The molecule has 1 aliphatic rings. The maximum Gasteiger partial charge on any atom is 0.416 e. The summed E-state index contributed by atoms with van der Waals surface area (Å²) in [5.74, 6) is 0.872. The number of hydrogen-bond donors (Lipinski definition) is 1. The largest absolute Gasteiger partial charge is 0.416 e. The van der Waals surface area contributed by atoms with Crippen molar-refractivity contribution in [2.75, 3.05) is 25.1 Å². The van der Waals surface area contributed by atoms with E-state index in [2.05, 4.69) is 10.4 Å². The molecule has 0 saturated carbocycles. The third-order valence-electron chi connectivity index (χ3n) is 3.86. The number of aromatic nitrogens is 2. The summed E-state index contributed by atoms with van der Waals surface area (Å²) in [5, 5.41) is 7.82. The summed E-state index contributed by atoms with van der Waals surface area (Å²) in [7, 11) is 0. The number of alkyl halides is 3. The lowest BCUT2D eigenvalue weighted by Gasteiger charge is -2.09. The molecule has 0 radical (unpaired) electrons. The molecule has 1 aromatic carbocycles. The summed E-state index contributed by atoms with van der Waals surface area (Å²) in [6, 6.07) is 5.06. The first-order valence-electron chi connectivity index (χ1n) is 7.60. The number of nitrogens with one attached hydrogen (secondary N) is 1. The van der Waals surface area contributed by atoms with Gasteiger partial charge in [0.15, 0.2) is 0 Å². The van der Waals surface area contributed by atoms with Crippen LogP contribution < -0.4 is 5.32 Å². The minimum absolute atomic E-state index is 0.590. The van der Waals surface area contributed by atoms with Gasteiger partial charge in [0.1, 0.15) is 5.82 Å². The number of hydrogen-bond acceptors (Lipinski definition) is 3. The SMILES string of the molecule is CCOCCc1nn(-c2ccc(C(F)(F)F)cc2)c2c1CCN2. The molecule has 7 heteroatoms. The van der Waals surface area contributed by atoms with Crippen molar-refractivity contribution in [3.63, 3.8) is 0 Å². The van der Waals surface area contributed by atoms with Gasteiger partial charge in [0, 0.05) is 25.1 Å². The summed E-state index contributed by atoms with van der Waals surface area (Å²) >= 11 is 0. The van der Waals surface area contributed by atoms with E-state index in [0.29, 0.717) is 25.3 Å². The Kier molecular flexibility index (Phi) is 4.30. The Balaban J connectivity index is 1.89. The Morgan fingerprint density at radius 2 is 2.00 bits per heavy atom. The van der Waals surface area contributed by atoms with Gasteiger partial charge in [-0.2, -0.15) is 18.3 Å². The summed E-state index contributed by atoms with van der Waals surface area (Å²) < 4.78 is 45.1. The Morgan fingerprint density at radius 1 is 1.26 bits per heavy atom. The van der Waals surface area contributed by atoms with Crippen molar-refractivity contribution >= 4 is 5.82 Å². The van der Waals surface area contributed by atoms with Crippen molar-refractivity contribution in [3.05, 3.63) is 41.1 Å². The van der Waals surface area contributed by atoms with E-state index in [1.165, 1.54) is 12.1 Å². The molecule has 1 aromatic heterocycles. The van der Waals surface area contributed by atoms with Gasteiger partial charge < -0.3 is 10.1 Å². The van der Waals surface area contributed by atoms with Gasteiger partial charge in [0.2, 0.25) is 0 Å². The lowest BCUT2D eigenvalue weighted by atomic mass is 10.1. The number of halogens is 3. The van der Waals surface area contributed by atoms with E-state index in [9.17, 15) is 13.2 Å². The normalized spacial score (nSPS) is 13.9. The molecule has 0 fully saturated rings. The van der Waals surface area contributed by atoms with Gasteiger partial charge in [-0.1, -0.05) is 0 Å². The monoisotopic (exact) mass is 325 g/mol. The standard InChI is InChI=1S/C16H18F3N3O/c1-2-23-10-8-14-13-7-9-20-15(13)22(21-14)12-5-3-11(4-6-12)16(17,18)19/h3-6,20H,2,7-10H2,1H3. The van der Waals surface area contributed by atoms with E-state index in [1.807, 2.05) is 6.92 Å². The van der Waals surface area contributed by atoms with Gasteiger partial charge in [0.25, 0.3) is 0 Å². The maximum absolute atomic E-state index is 12.7. The van der Waals surface area contributed by atoms with E-state index >= 15 is 0 Å². The first kappa shape index (κ1) is 15.9. The molecule has 23 heavy (non-hydrogen) atoms. The number of rotatable bonds is 5. The lowest BCUT2D eigenvalue weighted by molar-refractivity contribution is -0.137. The second kappa shape index (κ2) is 6.23. The highest BCUT2D eigenvalue weighted by atomic mass is 19.4. The van der Waals surface area contributed by atoms with Crippen molar-refractivity contribution in [1.29, 1.82) is 0 Å². The Morgan fingerprint density at radius 3 is 2.65 bits per heavy atom. The van der Waals surface area contributed by atoms with Gasteiger partial charge in [0.05, 0.1) is 23.6 Å². The number of ether oxygens (including phenoxy) is 1. The van der Waals surface area contributed by atoms with Crippen LogP contribution in [0.3, 0.4) is 0 Å². The fourth-order valence-electron chi connectivity index (χ4n) is 2.74. The van der Waals surface area contributed by atoms with Gasteiger partial charge in [-0.3, -0.25) is 0 Å². The molecule has 3 rings (SSSR count). The molecule has 0 unspecified atom stereocenters. The average molecular weight is 325 g/mol. The summed E-state index contributed by atoms with van der Waals surface area (Å²) in [5.41, 5.74) is 2.03. The molecular formula is C16H18F3N3O. The van der Waals surface area contributed by atoms with E-state index < -0.39 is 11.7 Å². The molecule has 0 amide bonds. The van der Waals surface area contributed by atoms with E-state index in [4.69, 9.17) is 4.74 Å². The second-order valence-electron chi connectivity index (χ2n) is 5.35. The van der Waals surface area contributed by atoms with Crippen LogP contribution >= 0.6 is 0 Å². The second-order valence-corrected chi connectivity index (χ2v) is 5.35. The molecule has 124 valence electrons. The fourth-order valence-corrected chi connectivity index (χ4v) is 2.74. The van der Waals surface area contributed by atoms with Crippen LogP contribution in [-0.4, -0.2) is 29.5 Å². The van der Waals surface area contributed by atoms with Crippen LogP contribution in [0, 0.1) is 0 Å². The zero-order valence-electron chi connectivity index (χ0n) is 12.8. The van der Waals surface area contributed by atoms with Crippen molar-refractivity contribution in [2.45, 2.75) is 25.9 Å². The summed E-state index contributed by atoms with van der Waals surface area (Å²) in [6.45, 7) is 4.00. The molecule has 0 spiro atoms. The third-order valence-corrected chi connectivity index (χ3v) is 3.86. The summed E-state index contributed by atoms with van der Waals surface area (Å²) in [6.07, 6.45) is -2.76. The quantitative estimate of drug-likeness (QED) is 0.856. The number of anilines is 1. The van der Waals surface area contributed by atoms with Crippen molar-refractivity contribution < 1.29 is 17.9 Å². The first-order valence-corrected chi connectivity index (χ1v) is 7.60. The summed E-state index contributed by atoms with van der Waals surface area (Å²) in [4.78, 5) is 0. The highest BCUT2D eigenvalue weighted by Gasteiger charge is 2.30. The predicted octanol–water partition coefficient (Wildman–Crippen LogP) is 3.44. The molecule has 0 bridgehead atoms. The van der Waals surface area contributed by atoms with E-state index in [1.54, 1.807) is 4.68 Å². The molecule has 1 N–H and O–H groups in total. The highest BCUT2D eigenvalue weighted by molar-refractivity contribution is 5.57. The topological polar surface area (TPSA) is 39.1 Å². The Hall–Kier alpha value is -2.02. The molecule has 0 atom stereocenters. The molecular weight excluding hydrogens is 307 g/mol. The fraction of sp³-hybridized carbons (Fsp3) is 0.438. The maximum atomic E-state index is 12.7. The van der Waals surface area contributed by atoms with Crippen LogP contribution in [0.15, 0.2) is 24.3 Å². The van der Waals surface area contributed by atoms with Crippen LogP contribution in [0.25, 0.3) is 5.69 Å². The van der Waals surface area contributed by atoms with Crippen LogP contribution in [0.2, 0.25) is 0 Å². The number of nitrogens with zero attached hydrogens (tertiary/aromatic N) is 2. The van der Waals surface area contributed by atoms with E-state index in [0.717, 1.165) is 42.2 Å². The highest BCUT2D eigenvalue weighted by Crippen LogP contribution is 2.32. The Labute approximate surface area is 132 Å². The smallest absolute Gasteiger partial charge is 0.381 e. The molecule has 4 nitrogen and oxygen atoms in total. The van der Waals surface area contributed by atoms with Gasteiger partial charge in [-0.25, -0.2) is 4.68 Å². The molecule has 1 aliphatic heterocycles. The Bertz CT molecular complexity index is 677. The predicted molar refractivity (Wildman–Crippen MR) is 81.0 cm³/mol. The van der Waals surface area contributed by atoms with Crippen molar-refractivity contribution in [1.82, 2.24) is 9.78 Å². The average Bonchev–Trinajstić information content (AvgIpc) is 3.10. The van der Waals surface area contributed by atoms with Crippen LogP contribution in [0.4, 0.5) is 19.0 Å². The number of benzene rings is 1. The van der Waals surface area contributed by atoms with Crippen LogP contribution in [0.1, 0.15) is 23.7 Å².